The van der Waals surface area contributed by atoms with Crippen LogP contribution in [0.3, 0.4) is 0 Å². The molecular weight excluding hydrogens is 140 g/mol. The van der Waals surface area contributed by atoms with Crippen LogP contribution < -0.4 is 0 Å². The second-order valence-electron chi connectivity index (χ2n) is 2.76. The Morgan fingerprint density at radius 3 is 2.09 bits per heavy atom. The van der Waals surface area contributed by atoms with Crippen molar-refractivity contribution in [2.24, 2.45) is 0 Å². The van der Waals surface area contributed by atoms with E-state index in [-0.39, 0.29) is 6.42 Å². The van der Waals surface area contributed by atoms with E-state index in [1.807, 2.05) is 20.8 Å². The van der Waals surface area contributed by atoms with Gasteiger partial charge >= 0.3 is 5.97 Å². The van der Waals surface area contributed by atoms with Crippen molar-refractivity contribution >= 4 is 5.97 Å². The van der Waals surface area contributed by atoms with Crippen molar-refractivity contribution in [1.82, 2.24) is 0 Å². The van der Waals surface area contributed by atoms with Crippen molar-refractivity contribution in [2.45, 2.75) is 27.2 Å². The van der Waals surface area contributed by atoms with Crippen LogP contribution in [0.25, 0.3) is 0 Å². The van der Waals surface area contributed by atoms with Crippen LogP contribution in [0.5, 0.6) is 0 Å². The SMILES string of the molecule is C=C(C)/C(C)=C(\C)CC(=O)O. The molecule has 1 N–H and O–H groups in total. The number of aliphatic carboxylic acids is 1. The maximum atomic E-state index is 10.3. The van der Waals surface area contributed by atoms with Crippen molar-refractivity contribution in [3.8, 4) is 0 Å². The predicted molar refractivity (Wildman–Crippen MR) is 45.4 cm³/mol. The second-order valence-corrected chi connectivity index (χ2v) is 2.76. The lowest BCUT2D eigenvalue weighted by Gasteiger charge is -2.03. The summed E-state index contributed by atoms with van der Waals surface area (Å²) in [7, 11) is 0. The minimum Gasteiger partial charge on any atom is -0.481 e. The van der Waals surface area contributed by atoms with Crippen molar-refractivity contribution in [2.75, 3.05) is 0 Å². The molecule has 0 radical (unpaired) electrons. The first kappa shape index (κ1) is 9.95. The number of allylic oxidation sites excluding steroid dienone is 2. The Morgan fingerprint density at radius 2 is 1.82 bits per heavy atom. The van der Waals surface area contributed by atoms with Crippen LogP contribution in [-0.4, -0.2) is 11.1 Å². The molecule has 11 heavy (non-hydrogen) atoms. The van der Waals surface area contributed by atoms with E-state index in [1.54, 1.807) is 0 Å². The maximum absolute atomic E-state index is 10.3. The van der Waals surface area contributed by atoms with E-state index in [2.05, 4.69) is 6.58 Å². The summed E-state index contributed by atoms with van der Waals surface area (Å²) in [5, 5.41) is 8.45. The molecule has 0 aromatic carbocycles. The van der Waals surface area contributed by atoms with Crippen molar-refractivity contribution < 1.29 is 9.90 Å². The van der Waals surface area contributed by atoms with Gasteiger partial charge in [-0.25, -0.2) is 0 Å². The zero-order valence-corrected chi connectivity index (χ0v) is 7.27. The third kappa shape index (κ3) is 3.61. The van der Waals surface area contributed by atoms with Crippen LogP contribution in [0, 0.1) is 0 Å². The maximum Gasteiger partial charge on any atom is 0.307 e. The van der Waals surface area contributed by atoms with Crippen LogP contribution in [0.1, 0.15) is 27.2 Å². The highest BCUT2D eigenvalue weighted by Gasteiger charge is 2.02. The molecule has 0 fully saturated rings. The summed E-state index contributed by atoms with van der Waals surface area (Å²) >= 11 is 0. The molecule has 62 valence electrons. The molecule has 0 aliphatic rings. The zero-order chi connectivity index (χ0) is 9.02. The number of hydrogen-bond donors (Lipinski definition) is 1. The molecule has 0 aromatic rings. The Bertz CT molecular complexity index is 212. The molecule has 0 heterocycles. The molecule has 2 heteroatoms. The molecule has 0 aliphatic carbocycles. The van der Waals surface area contributed by atoms with Crippen LogP contribution in [0.4, 0.5) is 0 Å². The molecule has 0 saturated carbocycles. The molecule has 0 bridgehead atoms. The van der Waals surface area contributed by atoms with Crippen LogP contribution in [-0.2, 0) is 4.79 Å². The molecular formula is C9H14O2. The first-order valence-corrected chi connectivity index (χ1v) is 3.49. The largest absolute Gasteiger partial charge is 0.481 e. The van der Waals surface area contributed by atoms with Crippen LogP contribution >= 0.6 is 0 Å². The van der Waals surface area contributed by atoms with Gasteiger partial charge in [0, 0.05) is 0 Å². The fourth-order valence-electron chi connectivity index (χ4n) is 0.724. The zero-order valence-electron chi connectivity index (χ0n) is 7.27. The average molecular weight is 154 g/mol. The van der Waals surface area contributed by atoms with Gasteiger partial charge in [-0.2, -0.15) is 0 Å². The first-order chi connectivity index (χ1) is 4.95. The highest BCUT2D eigenvalue weighted by Crippen LogP contribution is 2.14. The molecule has 0 aromatic heterocycles. The van der Waals surface area contributed by atoms with E-state index < -0.39 is 5.97 Å². The van der Waals surface area contributed by atoms with Gasteiger partial charge in [0.1, 0.15) is 0 Å². The van der Waals surface area contributed by atoms with Crippen LogP contribution in [0.15, 0.2) is 23.3 Å². The van der Waals surface area contributed by atoms with E-state index in [0.717, 1.165) is 16.7 Å². The molecule has 2 nitrogen and oxygen atoms in total. The lowest BCUT2D eigenvalue weighted by molar-refractivity contribution is -0.136. The summed E-state index contributed by atoms with van der Waals surface area (Å²) in [5.41, 5.74) is 2.81. The normalized spacial score (nSPS) is 12.3. The van der Waals surface area contributed by atoms with Crippen molar-refractivity contribution in [3.05, 3.63) is 23.3 Å². The number of carboxylic acids is 1. The standard InChI is InChI=1S/C9H14O2/c1-6(2)8(4)7(3)5-9(10)11/h1,5H2,2-4H3,(H,10,11)/b8-7+. The summed E-state index contributed by atoms with van der Waals surface area (Å²) < 4.78 is 0. The third-order valence-corrected chi connectivity index (χ3v) is 1.70. The van der Waals surface area contributed by atoms with E-state index in [1.165, 1.54) is 0 Å². The second kappa shape index (κ2) is 3.96. The summed E-state index contributed by atoms with van der Waals surface area (Å²) in [6, 6.07) is 0. The van der Waals surface area contributed by atoms with E-state index >= 15 is 0 Å². The topological polar surface area (TPSA) is 37.3 Å². The van der Waals surface area contributed by atoms with Gasteiger partial charge in [0.05, 0.1) is 6.42 Å². The van der Waals surface area contributed by atoms with E-state index in [9.17, 15) is 4.79 Å². The quantitative estimate of drug-likeness (QED) is 0.633. The number of carboxylic acid groups (broad SMARTS) is 1. The first-order valence-electron chi connectivity index (χ1n) is 3.49. The third-order valence-electron chi connectivity index (χ3n) is 1.70. The van der Waals surface area contributed by atoms with Gasteiger partial charge in [-0.15, -0.1) is 0 Å². The van der Waals surface area contributed by atoms with Gasteiger partial charge in [-0.3, -0.25) is 4.79 Å². The predicted octanol–water partition coefficient (Wildman–Crippen LogP) is 2.37. The number of carbonyl (C=O) groups is 1. The van der Waals surface area contributed by atoms with Crippen molar-refractivity contribution in [1.29, 1.82) is 0 Å². The summed E-state index contributed by atoms with van der Waals surface area (Å²) in [5.74, 6) is -0.789. The Morgan fingerprint density at radius 1 is 1.36 bits per heavy atom. The van der Waals surface area contributed by atoms with Gasteiger partial charge in [0.25, 0.3) is 0 Å². The lowest BCUT2D eigenvalue weighted by atomic mass is 10.0. The molecule has 0 aliphatic heterocycles. The molecule has 0 amide bonds. The fraction of sp³-hybridized carbons (Fsp3) is 0.444. The smallest absolute Gasteiger partial charge is 0.307 e. The van der Waals surface area contributed by atoms with Gasteiger partial charge in [-0.05, 0) is 26.3 Å². The molecule has 0 spiro atoms. The Labute approximate surface area is 67.2 Å². The molecule has 0 saturated heterocycles. The Kier molecular flexibility index (Phi) is 3.58. The van der Waals surface area contributed by atoms with E-state index in [4.69, 9.17) is 5.11 Å². The number of rotatable bonds is 3. The highest BCUT2D eigenvalue weighted by molar-refractivity contribution is 5.70. The van der Waals surface area contributed by atoms with Gasteiger partial charge in [-0.1, -0.05) is 17.7 Å². The van der Waals surface area contributed by atoms with Crippen molar-refractivity contribution in [3.63, 3.8) is 0 Å². The highest BCUT2D eigenvalue weighted by atomic mass is 16.4. The fourth-order valence-corrected chi connectivity index (χ4v) is 0.724. The average Bonchev–Trinajstić information content (AvgIpc) is 1.84. The van der Waals surface area contributed by atoms with Gasteiger partial charge in [0.2, 0.25) is 0 Å². The molecule has 0 atom stereocenters. The van der Waals surface area contributed by atoms with Gasteiger partial charge < -0.3 is 5.11 Å². The monoisotopic (exact) mass is 154 g/mol. The minimum absolute atomic E-state index is 0.110. The van der Waals surface area contributed by atoms with Crippen LogP contribution in [0.2, 0.25) is 0 Å². The summed E-state index contributed by atoms with van der Waals surface area (Å²) in [6.45, 7) is 9.32. The minimum atomic E-state index is -0.789. The Hall–Kier alpha value is -1.05. The Balaban J connectivity index is 4.40. The van der Waals surface area contributed by atoms with Gasteiger partial charge in [0.15, 0.2) is 0 Å². The molecule has 0 rings (SSSR count). The summed E-state index contributed by atoms with van der Waals surface area (Å²) in [4.78, 5) is 10.3. The molecule has 0 unspecified atom stereocenters. The van der Waals surface area contributed by atoms with E-state index in [0.29, 0.717) is 0 Å². The summed E-state index contributed by atoms with van der Waals surface area (Å²) in [6.07, 6.45) is 0.110. The number of hydrogen-bond acceptors (Lipinski definition) is 1. The lowest BCUT2D eigenvalue weighted by Crippen LogP contribution is -1.97.